The van der Waals surface area contributed by atoms with Crippen molar-refractivity contribution in [2.45, 2.75) is 45.5 Å². The molecular weight excluding hydrogens is 603 g/mol. The van der Waals surface area contributed by atoms with E-state index in [-0.39, 0.29) is 23.4 Å². The predicted molar refractivity (Wildman–Crippen MR) is 165 cm³/mol. The summed E-state index contributed by atoms with van der Waals surface area (Å²) >= 11 is 0. The van der Waals surface area contributed by atoms with Gasteiger partial charge in [-0.15, -0.1) is 0 Å². The molecule has 0 saturated carbocycles. The van der Waals surface area contributed by atoms with Crippen LogP contribution in [0.4, 0.5) is 23.7 Å². The standard InChI is InChI=1S/C33H34F3N5O5/c1-20-19-40(31(44)46-32(2,3)4)14-15-41(20)30(43)27-17-22-16-25(11-12-26(22)39(27)5)45-28-13-10-24(18-37-28)38-29(42)21-6-8-23(9-7-21)33(34,35)36/h6-13,16-18,20H,14-15,19H2,1-5H3,(H,38,42)/t20-/m0/s1. The number of nitrogens with one attached hydrogen (secondary N) is 1. The number of carbonyl (C=O) groups excluding carboxylic acids is 3. The average molecular weight is 638 g/mol. The third-order valence-electron chi connectivity index (χ3n) is 7.46. The van der Waals surface area contributed by atoms with Gasteiger partial charge in [0.15, 0.2) is 0 Å². The summed E-state index contributed by atoms with van der Waals surface area (Å²) in [6.45, 7) is 8.47. The number of fused-ring (bicyclic) bond motifs is 1. The van der Waals surface area contributed by atoms with Gasteiger partial charge in [0.1, 0.15) is 17.0 Å². The highest BCUT2D eigenvalue weighted by atomic mass is 19.4. The number of pyridine rings is 1. The number of benzene rings is 2. The summed E-state index contributed by atoms with van der Waals surface area (Å²) in [5.74, 6) is -0.00207. The smallest absolute Gasteiger partial charge is 0.416 e. The van der Waals surface area contributed by atoms with Crippen LogP contribution in [0, 0.1) is 0 Å². The average Bonchev–Trinajstić information content (AvgIpc) is 3.32. The van der Waals surface area contributed by atoms with E-state index >= 15 is 0 Å². The van der Waals surface area contributed by atoms with Gasteiger partial charge in [0.25, 0.3) is 11.8 Å². The molecule has 1 aliphatic rings. The minimum absolute atomic E-state index is 0.0693. The quantitative estimate of drug-likeness (QED) is 0.261. The van der Waals surface area contributed by atoms with Crippen LogP contribution in [0.15, 0.2) is 66.9 Å². The first-order valence-electron chi connectivity index (χ1n) is 14.6. The molecule has 10 nitrogen and oxygen atoms in total. The van der Waals surface area contributed by atoms with Crippen LogP contribution in [0.25, 0.3) is 10.9 Å². The molecule has 0 unspecified atom stereocenters. The first kappa shape index (κ1) is 32.3. The number of hydrogen-bond acceptors (Lipinski definition) is 6. The van der Waals surface area contributed by atoms with Gasteiger partial charge in [-0.05, 0) is 82.3 Å². The molecule has 1 fully saturated rings. The Morgan fingerprint density at radius 1 is 0.957 bits per heavy atom. The summed E-state index contributed by atoms with van der Waals surface area (Å²) in [6, 6.07) is 14.0. The molecule has 4 aromatic rings. The van der Waals surface area contributed by atoms with E-state index in [4.69, 9.17) is 9.47 Å². The Balaban J connectivity index is 1.22. The van der Waals surface area contributed by atoms with Gasteiger partial charge in [-0.2, -0.15) is 13.2 Å². The molecule has 1 N–H and O–H groups in total. The van der Waals surface area contributed by atoms with E-state index in [0.29, 0.717) is 36.8 Å². The number of amides is 3. The number of nitrogens with zero attached hydrogens (tertiary/aromatic N) is 4. The highest BCUT2D eigenvalue weighted by Gasteiger charge is 2.34. The molecular formula is C33H34F3N5O5. The number of rotatable bonds is 5. The largest absolute Gasteiger partial charge is 0.444 e. The van der Waals surface area contributed by atoms with E-state index in [1.54, 1.807) is 40.1 Å². The van der Waals surface area contributed by atoms with E-state index in [9.17, 15) is 27.6 Å². The third-order valence-corrected chi connectivity index (χ3v) is 7.46. The summed E-state index contributed by atoms with van der Waals surface area (Å²) in [4.78, 5) is 46.2. The van der Waals surface area contributed by atoms with Crippen LogP contribution >= 0.6 is 0 Å². The lowest BCUT2D eigenvalue weighted by Gasteiger charge is -2.40. The maximum atomic E-state index is 13.6. The number of halogens is 3. The van der Waals surface area contributed by atoms with E-state index in [1.165, 1.54) is 6.20 Å². The second-order valence-corrected chi connectivity index (χ2v) is 12.1. The van der Waals surface area contributed by atoms with E-state index < -0.39 is 29.3 Å². The van der Waals surface area contributed by atoms with Crippen molar-refractivity contribution in [2.75, 3.05) is 25.0 Å². The molecule has 1 saturated heterocycles. The van der Waals surface area contributed by atoms with Gasteiger partial charge in [0.2, 0.25) is 5.88 Å². The van der Waals surface area contributed by atoms with Gasteiger partial charge in [0.05, 0.1) is 17.4 Å². The van der Waals surface area contributed by atoms with Crippen LogP contribution in [0.2, 0.25) is 0 Å². The Morgan fingerprint density at radius 3 is 2.28 bits per heavy atom. The van der Waals surface area contributed by atoms with Gasteiger partial charge in [-0.25, -0.2) is 9.78 Å². The van der Waals surface area contributed by atoms with Crippen molar-refractivity contribution < 1.29 is 37.0 Å². The number of ether oxygens (including phenoxy) is 2. The minimum Gasteiger partial charge on any atom is -0.444 e. The number of anilines is 1. The van der Waals surface area contributed by atoms with Crippen molar-refractivity contribution in [3.8, 4) is 11.6 Å². The fourth-order valence-electron chi connectivity index (χ4n) is 5.14. The molecule has 0 spiro atoms. The van der Waals surface area contributed by atoms with Gasteiger partial charge in [-0.1, -0.05) is 0 Å². The summed E-state index contributed by atoms with van der Waals surface area (Å²) in [5.41, 5.74) is 0.284. The molecule has 13 heteroatoms. The second kappa shape index (κ2) is 12.4. The Kier molecular flexibility index (Phi) is 8.70. The minimum atomic E-state index is -4.49. The Hall–Kier alpha value is -5.07. The van der Waals surface area contributed by atoms with Crippen LogP contribution < -0.4 is 10.1 Å². The number of aromatic nitrogens is 2. The normalized spacial score (nSPS) is 15.5. The molecule has 3 amide bonds. The number of piperazine rings is 1. The van der Waals surface area contributed by atoms with Crippen molar-refractivity contribution in [1.82, 2.24) is 19.4 Å². The maximum absolute atomic E-state index is 13.6. The second-order valence-electron chi connectivity index (χ2n) is 12.1. The topological polar surface area (TPSA) is 106 Å². The van der Waals surface area contributed by atoms with Crippen LogP contribution in [0.3, 0.4) is 0 Å². The van der Waals surface area contributed by atoms with E-state index in [0.717, 1.165) is 35.2 Å². The first-order valence-corrected chi connectivity index (χ1v) is 14.6. The van der Waals surface area contributed by atoms with Crippen molar-refractivity contribution in [3.05, 3.63) is 83.7 Å². The van der Waals surface area contributed by atoms with Crippen LogP contribution in [-0.4, -0.2) is 68.5 Å². The van der Waals surface area contributed by atoms with Crippen LogP contribution in [0.5, 0.6) is 11.6 Å². The van der Waals surface area contributed by atoms with E-state index in [1.807, 2.05) is 45.4 Å². The third kappa shape index (κ3) is 7.24. The summed E-state index contributed by atoms with van der Waals surface area (Å²) in [7, 11) is 1.82. The summed E-state index contributed by atoms with van der Waals surface area (Å²) < 4.78 is 51.6. The number of alkyl halides is 3. The molecule has 1 atom stereocenters. The number of hydrogen-bond donors (Lipinski definition) is 1. The molecule has 0 radical (unpaired) electrons. The van der Waals surface area contributed by atoms with Gasteiger partial charge in [0, 0.05) is 55.3 Å². The maximum Gasteiger partial charge on any atom is 0.416 e. The Labute approximate surface area is 263 Å². The Bertz CT molecular complexity index is 1760. The zero-order valence-electron chi connectivity index (χ0n) is 26.0. The molecule has 46 heavy (non-hydrogen) atoms. The molecule has 2 aromatic heterocycles. The molecule has 3 heterocycles. The summed E-state index contributed by atoms with van der Waals surface area (Å²) in [5, 5.41) is 3.38. The zero-order chi connectivity index (χ0) is 33.4. The zero-order valence-corrected chi connectivity index (χ0v) is 26.0. The van der Waals surface area contributed by atoms with Crippen LogP contribution in [-0.2, 0) is 18.0 Å². The molecule has 0 aliphatic carbocycles. The fourth-order valence-corrected chi connectivity index (χ4v) is 5.14. The lowest BCUT2D eigenvalue weighted by atomic mass is 10.1. The molecule has 1 aliphatic heterocycles. The predicted octanol–water partition coefficient (Wildman–Crippen LogP) is 6.72. The fraction of sp³-hybridized carbons (Fsp3) is 0.333. The SMILES string of the molecule is C[C@H]1CN(C(=O)OC(C)(C)C)CCN1C(=O)c1cc2cc(Oc3ccc(NC(=O)c4ccc(C(F)(F)F)cc4)cn3)ccc2n1C. The van der Waals surface area contributed by atoms with Gasteiger partial charge in [-0.3, -0.25) is 9.59 Å². The molecule has 5 rings (SSSR count). The van der Waals surface area contributed by atoms with Crippen molar-refractivity contribution in [2.24, 2.45) is 7.05 Å². The monoisotopic (exact) mass is 637 g/mol. The molecule has 2 aromatic carbocycles. The lowest BCUT2D eigenvalue weighted by Crippen LogP contribution is -2.56. The Morgan fingerprint density at radius 2 is 1.67 bits per heavy atom. The van der Waals surface area contributed by atoms with Crippen molar-refractivity contribution in [1.29, 1.82) is 0 Å². The molecule has 242 valence electrons. The number of carbonyl (C=O) groups is 3. The van der Waals surface area contributed by atoms with Gasteiger partial charge >= 0.3 is 12.3 Å². The van der Waals surface area contributed by atoms with Crippen molar-refractivity contribution in [3.63, 3.8) is 0 Å². The van der Waals surface area contributed by atoms with Crippen molar-refractivity contribution >= 4 is 34.5 Å². The lowest BCUT2D eigenvalue weighted by molar-refractivity contribution is -0.137. The van der Waals surface area contributed by atoms with E-state index in [2.05, 4.69) is 10.3 Å². The first-order chi connectivity index (χ1) is 21.6. The highest BCUT2D eigenvalue weighted by molar-refractivity contribution is 6.04. The highest BCUT2D eigenvalue weighted by Crippen LogP contribution is 2.30. The summed E-state index contributed by atoms with van der Waals surface area (Å²) in [6.07, 6.45) is -3.51. The number of aryl methyl sites for hydroxylation is 1. The van der Waals surface area contributed by atoms with Gasteiger partial charge < -0.3 is 29.2 Å². The molecule has 0 bridgehead atoms. The van der Waals surface area contributed by atoms with Crippen LogP contribution in [0.1, 0.15) is 54.1 Å².